The van der Waals surface area contributed by atoms with Gasteiger partial charge in [-0.15, -0.1) is 0 Å². The molecule has 0 spiro atoms. The summed E-state index contributed by atoms with van der Waals surface area (Å²) in [6.07, 6.45) is 13.1. The zero-order chi connectivity index (χ0) is 6.81. The molecular weight excluding hydrogens is 122 g/mol. The van der Waals surface area contributed by atoms with Gasteiger partial charge >= 0.3 is 0 Å². The Balaban J connectivity index is 2.09. The Morgan fingerprint density at radius 1 is 1.30 bits per heavy atom. The van der Waals surface area contributed by atoms with Crippen molar-refractivity contribution in [3.8, 4) is 0 Å². The maximum atomic E-state index is 3.42. The minimum Gasteiger partial charge on any atom is -0.310 e. The van der Waals surface area contributed by atoms with Crippen molar-refractivity contribution in [3.63, 3.8) is 0 Å². The molecule has 0 saturated carbocycles. The standard InChI is InChI=1S/C9H11N/c1-2-6-9-8(4-1)5-3-7-10-9/h1-2,4,6,8-10H,3,7H2. The third-order valence-electron chi connectivity index (χ3n) is 2.02. The van der Waals surface area contributed by atoms with Crippen molar-refractivity contribution < 1.29 is 0 Å². The van der Waals surface area contributed by atoms with E-state index in [4.69, 9.17) is 0 Å². The highest BCUT2D eigenvalue weighted by Crippen LogP contribution is 2.20. The van der Waals surface area contributed by atoms with Crippen molar-refractivity contribution >= 4 is 0 Å². The maximum absolute atomic E-state index is 3.42. The summed E-state index contributed by atoms with van der Waals surface area (Å²) in [5.41, 5.74) is 0. The number of hydrogen-bond acceptors (Lipinski definition) is 1. The summed E-state index contributed by atoms with van der Waals surface area (Å²) in [6, 6.07) is 0.527. The normalized spacial score (nSPS) is 37.6. The lowest BCUT2D eigenvalue weighted by Crippen LogP contribution is -2.40. The predicted octanol–water partition coefficient (Wildman–Crippen LogP) is 1.17. The highest BCUT2D eigenvalue weighted by molar-refractivity contribution is 5.21. The quantitative estimate of drug-likeness (QED) is 0.523. The van der Waals surface area contributed by atoms with Gasteiger partial charge in [0, 0.05) is 12.0 Å². The molecule has 52 valence electrons. The number of nitrogens with one attached hydrogen (secondary N) is 1. The highest BCUT2D eigenvalue weighted by Gasteiger charge is 2.21. The Kier molecular flexibility index (Phi) is 1.60. The van der Waals surface area contributed by atoms with Crippen LogP contribution in [-0.2, 0) is 0 Å². The Hall–Kier alpha value is -0.560. The molecule has 0 amide bonds. The fourth-order valence-electron chi connectivity index (χ4n) is 1.47. The van der Waals surface area contributed by atoms with Crippen LogP contribution in [-0.4, -0.2) is 12.6 Å². The van der Waals surface area contributed by atoms with Crippen LogP contribution in [0.2, 0.25) is 0 Å². The average molecular weight is 133 g/mol. The van der Waals surface area contributed by atoms with E-state index in [1.807, 2.05) is 0 Å². The van der Waals surface area contributed by atoms with E-state index in [9.17, 15) is 0 Å². The van der Waals surface area contributed by atoms with Crippen LogP contribution in [0, 0.1) is 12.3 Å². The van der Waals surface area contributed by atoms with Crippen LogP contribution in [0.15, 0.2) is 24.3 Å². The molecule has 0 aromatic rings. The van der Waals surface area contributed by atoms with Gasteiger partial charge in [0.05, 0.1) is 0 Å². The van der Waals surface area contributed by atoms with Crippen molar-refractivity contribution in [1.29, 1.82) is 0 Å². The summed E-state index contributed by atoms with van der Waals surface area (Å²) >= 11 is 0. The van der Waals surface area contributed by atoms with Gasteiger partial charge in [0.25, 0.3) is 0 Å². The molecule has 10 heavy (non-hydrogen) atoms. The molecule has 1 heterocycles. The zero-order valence-corrected chi connectivity index (χ0v) is 5.88. The van der Waals surface area contributed by atoms with Gasteiger partial charge in [-0.05, 0) is 19.4 Å². The molecule has 2 unspecified atom stereocenters. The Morgan fingerprint density at radius 2 is 2.20 bits per heavy atom. The lowest BCUT2D eigenvalue weighted by molar-refractivity contribution is 0.448. The lowest BCUT2D eigenvalue weighted by Gasteiger charge is -2.29. The Morgan fingerprint density at radius 3 is 3.10 bits per heavy atom. The van der Waals surface area contributed by atoms with Gasteiger partial charge in [-0.1, -0.05) is 24.3 Å². The molecule has 0 aromatic heterocycles. The number of fused-ring (bicyclic) bond motifs is 1. The predicted molar refractivity (Wildman–Crippen MR) is 41.4 cm³/mol. The van der Waals surface area contributed by atoms with Gasteiger partial charge < -0.3 is 5.32 Å². The third-order valence-corrected chi connectivity index (χ3v) is 2.02. The first-order valence-electron chi connectivity index (χ1n) is 3.78. The summed E-state index contributed by atoms with van der Waals surface area (Å²) in [5.74, 6) is 0.527. The lowest BCUT2D eigenvalue weighted by atomic mass is 9.88. The number of allylic oxidation sites excluding steroid dienone is 2. The summed E-state index contributed by atoms with van der Waals surface area (Å²) in [6.45, 7) is 1.08. The van der Waals surface area contributed by atoms with Crippen molar-refractivity contribution in [2.75, 3.05) is 6.54 Å². The first-order valence-corrected chi connectivity index (χ1v) is 3.78. The van der Waals surface area contributed by atoms with E-state index in [2.05, 4.69) is 36.0 Å². The zero-order valence-electron chi connectivity index (χ0n) is 5.88. The Labute approximate surface area is 61.8 Å². The summed E-state index contributed by atoms with van der Waals surface area (Å²) in [4.78, 5) is 0. The SMILES string of the molecule is [C]1CCNC2C=CC=CC12. The molecule has 1 nitrogen and oxygen atoms in total. The average Bonchev–Trinajstić information content (AvgIpc) is 2.05. The van der Waals surface area contributed by atoms with Crippen LogP contribution in [0.4, 0.5) is 0 Å². The maximum Gasteiger partial charge on any atom is 0.0322 e. The first-order chi connectivity index (χ1) is 4.97. The summed E-state index contributed by atoms with van der Waals surface area (Å²) in [5, 5.41) is 3.42. The molecule has 1 fully saturated rings. The van der Waals surface area contributed by atoms with Crippen LogP contribution < -0.4 is 5.32 Å². The van der Waals surface area contributed by atoms with E-state index in [1.165, 1.54) is 0 Å². The van der Waals surface area contributed by atoms with Crippen LogP contribution in [0.25, 0.3) is 0 Å². The Bertz CT molecular complexity index is 150. The second kappa shape index (κ2) is 2.59. The molecule has 0 aromatic carbocycles. The topological polar surface area (TPSA) is 12.0 Å². The number of hydrogen-bond donors (Lipinski definition) is 1. The van der Waals surface area contributed by atoms with Gasteiger partial charge in [0.1, 0.15) is 0 Å². The third kappa shape index (κ3) is 1.01. The first kappa shape index (κ1) is 6.17. The number of rotatable bonds is 0. The molecule has 0 bridgehead atoms. The smallest absolute Gasteiger partial charge is 0.0322 e. The largest absolute Gasteiger partial charge is 0.310 e. The second-order valence-electron chi connectivity index (χ2n) is 2.73. The van der Waals surface area contributed by atoms with Crippen LogP contribution >= 0.6 is 0 Å². The molecule has 1 heteroatoms. The summed E-state index contributed by atoms with van der Waals surface area (Å²) in [7, 11) is 0. The van der Waals surface area contributed by atoms with Crippen molar-refractivity contribution in [1.82, 2.24) is 5.32 Å². The molecule has 2 atom stereocenters. The molecular formula is C9H11N. The minimum absolute atomic E-state index is 0.527. The molecule has 1 saturated heterocycles. The van der Waals surface area contributed by atoms with Gasteiger partial charge in [0.2, 0.25) is 0 Å². The molecule has 2 radical (unpaired) electrons. The molecule has 2 rings (SSSR count). The fourth-order valence-corrected chi connectivity index (χ4v) is 1.47. The van der Waals surface area contributed by atoms with E-state index in [-0.39, 0.29) is 0 Å². The van der Waals surface area contributed by atoms with E-state index < -0.39 is 0 Å². The van der Waals surface area contributed by atoms with Crippen LogP contribution in [0.1, 0.15) is 6.42 Å². The molecule has 1 aliphatic carbocycles. The van der Waals surface area contributed by atoms with Gasteiger partial charge in [0.15, 0.2) is 0 Å². The molecule has 1 aliphatic heterocycles. The molecule has 2 aliphatic rings. The molecule has 1 N–H and O–H groups in total. The van der Waals surface area contributed by atoms with Crippen molar-refractivity contribution in [3.05, 3.63) is 30.7 Å². The van der Waals surface area contributed by atoms with Gasteiger partial charge in [-0.25, -0.2) is 0 Å². The number of piperidine rings is 1. The van der Waals surface area contributed by atoms with Gasteiger partial charge in [-0.2, -0.15) is 0 Å². The van der Waals surface area contributed by atoms with Crippen LogP contribution in [0.5, 0.6) is 0 Å². The van der Waals surface area contributed by atoms with Crippen molar-refractivity contribution in [2.45, 2.75) is 12.5 Å². The van der Waals surface area contributed by atoms with E-state index in [0.717, 1.165) is 13.0 Å². The van der Waals surface area contributed by atoms with Crippen molar-refractivity contribution in [2.24, 2.45) is 5.92 Å². The highest BCUT2D eigenvalue weighted by atomic mass is 14.9. The second-order valence-corrected chi connectivity index (χ2v) is 2.73. The fraction of sp³-hybridized carbons (Fsp3) is 0.444. The minimum atomic E-state index is 0.527. The van der Waals surface area contributed by atoms with E-state index >= 15 is 0 Å². The van der Waals surface area contributed by atoms with E-state index in [0.29, 0.717) is 12.0 Å². The van der Waals surface area contributed by atoms with Gasteiger partial charge in [-0.3, -0.25) is 0 Å². The van der Waals surface area contributed by atoms with Crippen LogP contribution in [0.3, 0.4) is 0 Å². The summed E-state index contributed by atoms with van der Waals surface area (Å²) < 4.78 is 0. The monoisotopic (exact) mass is 133 g/mol. The van der Waals surface area contributed by atoms with E-state index in [1.54, 1.807) is 0 Å².